The van der Waals surface area contributed by atoms with Crippen molar-refractivity contribution in [2.75, 3.05) is 13.7 Å². The normalized spacial score (nSPS) is 23.1. The highest BCUT2D eigenvalue weighted by atomic mass is 19.3. The molecule has 2 heterocycles. The summed E-state index contributed by atoms with van der Waals surface area (Å²) >= 11 is 0. The molecule has 0 aromatic carbocycles. The van der Waals surface area contributed by atoms with Crippen molar-refractivity contribution in [2.45, 2.75) is 64.0 Å². The Morgan fingerprint density at radius 2 is 1.93 bits per heavy atom. The van der Waals surface area contributed by atoms with Crippen LogP contribution in [0.2, 0.25) is 0 Å². The third kappa shape index (κ3) is 4.25. The lowest BCUT2D eigenvalue weighted by Crippen LogP contribution is -2.54. The van der Waals surface area contributed by atoms with Gasteiger partial charge in [-0.15, -0.1) is 0 Å². The van der Waals surface area contributed by atoms with E-state index in [2.05, 4.69) is 9.72 Å². The molecule has 28 heavy (non-hydrogen) atoms. The molecule has 1 aromatic heterocycles. The van der Waals surface area contributed by atoms with E-state index in [1.165, 1.54) is 19.4 Å². The second-order valence-corrected chi connectivity index (χ2v) is 8.82. The Hall–Kier alpha value is -2.25. The van der Waals surface area contributed by atoms with Crippen LogP contribution in [0.25, 0.3) is 0 Å². The zero-order valence-corrected chi connectivity index (χ0v) is 16.6. The highest BCUT2D eigenvalue weighted by Gasteiger charge is 2.59. The van der Waals surface area contributed by atoms with Gasteiger partial charge in [-0.25, -0.2) is 23.4 Å². The maximum absolute atomic E-state index is 13.6. The molecule has 1 atom stereocenters. The Morgan fingerprint density at radius 3 is 2.43 bits per heavy atom. The van der Waals surface area contributed by atoms with Gasteiger partial charge in [-0.2, -0.15) is 0 Å². The molecule has 1 aliphatic heterocycles. The van der Waals surface area contributed by atoms with Crippen molar-refractivity contribution in [2.24, 2.45) is 5.41 Å². The lowest BCUT2D eigenvalue weighted by Gasteiger charge is -2.54. The third-order valence-corrected chi connectivity index (χ3v) is 5.35. The van der Waals surface area contributed by atoms with Crippen LogP contribution in [0.5, 0.6) is 0 Å². The number of hydrogen-bond donors (Lipinski definition) is 0. The number of carbonyl (C=O) groups excluding carboxylic acids is 2. The van der Waals surface area contributed by atoms with Gasteiger partial charge in [-0.05, 0) is 50.7 Å². The predicted molar refractivity (Wildman–Crippen MR) is 97.1 cm³/mol. The van der Waals surface area contributed by atoms with Crippen LogP contribution in [-0.4, -0.2) is 47.1 Å². The number of hydrogen-bond acceptors (Lipinski definition) is 5. The largest absolute Gasteiger partial charge is 0.464 e. The van der Waals surface area contributed by atoms with E-state index < -0.39 is 35.0 Å². The topological polar surface area (TPSA) is 68.7 Å². The molecule has 0 radical (unpaired) electrons. The fraction of sp³-hybridized carbons (Fsp3) is 0.650. The Kier molecular flexibility index (Phi) is 5.10. The third-order valence-electron chi connectivity index (χ3n) is 5.35. The molecule has 1 saturated carbocycles. The molecule has 2 aliphatic rings. The number of amides is 1. The SMILES string of the molecule is COC(=O)c1ccc([C@H]2CC3(CCN2C(=O)OC(C)(C)C)CC(F)(F)C3)cn1. The molecule has 1 amide bonds. The maximum atomic E-state index is 13.6. The molecule has 1 aromatic rings. The van der Waals surface area contributed by atoms with Crippen molar-refractivity contribution < 1.29 is 27.8 Å². The first kappa shape index (κ1) is 20.5. The van der Waals surface area contributed by atoms with Crippen LogP contribution >= 0.6 is 0 Å². The molecule has 2 fully saturated rings. The standard InChI is InChI=1S/C20H26F2N2O4/c1-18(2,3)28-17(26)24-8-7-19(11-20(21,22)12-19)9-15(24)13-5-6-14(23-10-13)16(25)27-4/h5-6,10,15H,7-9,11-12H2,1-4H3/t15-/m1/s1. The molecule has 0 bridgehead atoms. The minimum Gasteiger partial charge on any atom is -0.464 e. The van der Waals surface area contributed by atoms with Gasteiger partial charge in [0.1, 0.15) is 11.3 Å². The molecule has 1 saturated heterocycles. The van der Waals surface area contributed by atoms with Gasteiger partial charge < -0.3 is 14.4 Å². The zero-order chi connectivity index (χ0) is 20.7. The van der Waals surface area contributed by atoms with Crippen molar-refractivity contribution in [1.82, 2.24) is 9.88 Å². The highest BCUT2D eigenvalue weighted by molar-refractivity contribution is 5.87. The van der Waals surface area contributed by atoms with Crippen LogP contribution in [0.15, 0.2) is 18.3 Å². The van der Waals surface area contributed by atoms with Crippen LogP contribution in [0.4, 0.5) is 13.6 Å². The molecule has 6 nitrogen and oxygen atoms in total. The minimum absolute atomic E-state index is 0.149. The van der Waals surface area contributed by atoms with Gasteiger partial charge in [0.2, 0.25) is 5.92 Å². The van der Waals surface area contributed by atoms with Crippen molar-refractivity contribution in [3.8, 4) is 0 Å². The summed E-state index contributed by atoms with van der Waals surface area (Å²) in [6, 6.07) is 2.78. The number of nitrogens with zero attached hydrogens (tertiary/aromatic N) is 2. The van der Waals surface area contributed by atoms with Crippen LogP contribution in [-0.2, 0) is 9.47 Å². The second-order valence-electron chi connectivity index (χ2n) is 8.82. The summed E-state index contributed by atoms with van der Waals surface area (Å²) in [5, 5.41) is 0. The van der Waals surface area contributed by atoms with Crippen LogP contribution in [0.3, 0.4) is 0 Å². The molecule has 1 aliphatic carbocycles. The van der Waals surface area contributed by atoms with Gasteiger partial charge in [0.05, 0.1) is 13.2 Å². The van der Waals surface area contributed by atoms with Gasteiger partial charge in [0.15, 0.2) is 0 Å². The number of alkyl halides is 2. The van der Waals surface area contributed by atoms with E-state index in [1.807, 2.05) is 0 Å². The van der Waals surface area contributed by atoms with Crippen LogP contribution in [0.1, 0.15) is 68.5 Å². The van der Waals surface area contributed by atoms with Crippen LogP contribution in [0, 0.1) is 5.41 Å². The smallest absolute Gasteiger partial charge is 0.410 e. The average molecular weight is 396 g/mol. The monoisotopic (exact) mass is 396 g/mol. The van der Waals surface area contributed by atoms with Crippen LogP contribution < -0.4 is 0 Å². The van der Waals surface area contributed by atoms with Gasteiger partial charge in [-0.1, -0.05) is 6.07 Å². The van der Waals surface area contributed by atoms with Crippen molar-refractivity contribution in [3.05, 3.63) is 29.6 Å². The Morgan fingerprint density at radius 1 is 1.25 bits per heavy atom. The van der Waals surface area contributed by atoms with Gasteiger partial charge in [0.25, 0.3) is 0 Å². The lowest BCUT2D eigenvalue weighted by atomic mass is 9.59. The first-order chi connectivity index (χ1) is 12.9. The quantitative estimate of drug-likeness (QED) is 0.695. The zero-order valence-electron chi connectivity index (χ0n) is 16.6. The molecule has 0 N–H and O–H groups in total. The summed E-state index contributed by atoms with van der Waals surface area (Å²) in [6.07, 6.45) is 1.64. The summed E-state index contributed by atoms with van der Waals surface area (Å²) in [4.78, 5) is 30.0. The van der Waals surface area contributed by atoms with Crippen molar-refractivity contribution in [3.63, 3.8) is 0 Å². The molecule has 1 spiro atoms. The number of carbonyl (C=O) groups is 2. The first-order valence-corrected chi connectivity index (χ1v) is 9.35. The summed E-state index contributed by atoms with van der Waals surface area (Å²) < 4.78 is 37.3. The van der Waals surface area contributed by atoms with E-state index in [0.717, 1.165) is 0 Å². The first-order valence-electron chi connectivity index (χ1n) is 9.35. The molecule has 0 unspecified atom stereocenters. The van der Waals surface area contributed by atoms with E-state index in [0.29, 0.717) is 24.9 Å². The van der Waals surface area contributed by atoms with Gasteiger partial charge in [0, 0.05) is 25.6 Å². The molecule has 8 heteroatoms. The Balaban J connectivity index is 1.86. The highest BCUT2D eigenvalue weighted by Crippen LogP contribution is 2.60. The number of piperidine rings is 1. The summed E-state index contributed by atoms with van der Waals surface area (Å²) in [6.45, 7) is 5.69. The summed E-state index contributed by atoms with van der Waals surface area (Å²) in [5.74, 6) is -3.19. The minimum atomic E-state index is -2.63. The van der Waals surface area contributed by atoms with E-state index in [1.54, 1.807) is 31.7 Å². The number of ether oxygens (including phenoxy) is 2. The number of rotatable bonds is 2. The summed E-state index contributed by atoms with van der Waals surface area (Å²) in [5.41, 5.74) is -0.301. The Labute approximate surface area is 163 Å². The van der Waals surface area contributed by atoms with Crippen molar-refractivity contribution in [1.29, 1.82) is 0 Å². The van der Waals surface area contributed by atoms with Crippen molar-refractivity contribution >= 4 is 12.1 Å². The number of pyridine rings is 1. The molecular formula is C20H26F2N2O4. The van der Waals surface area contributed by atoms with E-state index in [9.17, 15) is 18.4 Å². The number of esters is 1. The Bertz CT molecular complexity index is 750. The molecular weight excluding hydrogens is 370 g/mol. The fourth-order valence-electron chi connectivity index (χ4n) is 4.17. The van der Waals surface area contributed by atoms with E-state index in [4.69, 9.17) is 4.74 Å². The van der Waals surface area contributed by atoms with E-state index in [-0.39, 0.29) is 18.5 Å². The van der Waals surface area contributed by atoms with Gasteiger partial charge in [-0.3, -0.25) is 0 Å². The lowest BCUT2D eigenvalue weighted by molar-refractivity contribution is -0.183. The summed E-state index contributed by atoms with van der Waals surface area (Å²) in [7, 11) is 1.27. The average Bonchev–Trinajstić information content (AvgIpc) is 2.58. The molecule has 3 rings (SSSR count). The second kappa shape index (κ2) is 6.97. The molecule has 154 valence electrons. The predicted octanol–water partition coefficient (Wildman–Crippen LogP) is 4.36. The maximum Gasteiger partial charge on any atom is 0.410 e. The fourth-order valence-corrected chi connectivity index (χ4v) is 4.17. The number of methoxy groups -OCH3 is 1. The number of aromatic nitrogens is 1. The van der Waals surface area contributed by atoms with E-state index >= 15 is 0 Å². The number of halogens is 2. The van der Waals surface area contributed by atoms with Gasteiger partial charge >= 0.3 is 12.1 Å². The number of likely N-dealkylation sites (tertiary alicyclic amines) is 1.